The predicted molar refractivity (Wildman–Crippen MR) is 79.6 cm³/mol. The molecule has 0 saturated carbocycles. The van der Waals surface area contributed by atoms with E-state index in [1.165, 1.54) is 30.3 Å². The number of hydrogen-bond acceptors (Lipinski definition) is 3. The van der Waals surface area contributed by atoms with Crippen molar-refractivity contribution in [2.75, 3.05) is 0 Å². The summed E-state index contributed by atoms with van der Waals surface area (Å²) in [6.07, 6.45) is 1.09. The fourth-order valence-electron chi connectivity index (χ4n) is 1.57. The number of sulfonamides is 1. The number of carboxylic acids is 1. The molecule has 0 amide bonds. The van der Waals surface area contributed by atoms with Crippen LogP contribution in [0.15, 0.2) is 57.8 Å². The minimum absolute atomic E-state index is 0.0636. The topological polar surface area (TPSA) is 83.8 Å². The van der Waals surface area contributed by atoms with Crippen LogP contribution in [0, 0.1) is 0 Å². The third-order valence-corrected chi connectivity index (χ3v) is 4.18. The normalized spacial score (nSPS) is 11.7. The van der Waals surface area contributed by atoms with Crippen molar-refractivity contribution in [2.24, 2.45) is 4.40 Å². The zero-order valence-electron chi connectivity index (χ0n) is 10.6. The van der Waals surface area contributed by atoms with Crippen molar-refractivity contribution < 1.29 is 18.3 Å². The van der Waals surface area contributed by atoms with E-state index in [9.17, 15) is 13.2 Å². The van der Waals surface area contributed by atoms with Gasteiger partial charge in [-0.2, -0.15) is 12.8 Å². The molecule has 0 spiro atoms. The lowest BCUT2D eigenvalue weighted by Gasteiger charge is -2.01. The van der Waals surface area contributed by atoms with Gasteiger partial charge in [-0.1, -0.05) is 35.9 Å². The molecule has 0 radical (unpaired) electrons. The van der Waals surface area contributed by atoms with Crippen LogP contribution in [0.2, 0.25) is 5.02 Å². The molecule has 0 heterocycles. The fraction of sp³-hybridized carbons (Fsp3) is 0. The highest BCUT2D eigenvalue weighted by atomic mass is 35.5. The Labute approximate surface area is 126 Å². The lowest BCUT2D eigenvalue weighted by atomic mass is 10.1. The SMILES string of the molecule is O=C(O)c1cc(/C=N/S(=O)(=O)c2ccccc2)ccc1Cl. The van der Waals surface area contributed by atoms with E-state index < -0.39 is 16.0 Å². The molecule has 108 valence electrons. The van der Waals surface area contributed by atoms with Crippen LogP contribution in [-0.4, -0.2) is 25.7 Å². The molecular weight excluding hydrogens is 314 g/mol. The molecular formula is C14H10ClNO4S. The number of hydrogen-bond donors (Lipinski definition) is 1. The summed E-state index contributed by atoms with van der Waals surface area (Å²) in [5.41, 5.74) is 0.217. The summed E-state index contributed by atoms with van der Waals surface area (Å²) in [4.78, 5) is 11.0. The Kier molecular flexibility index (Phi) is 4.40. The quantitative estimate of drug-likeness (QED) is 0.877. The molecule has 0 aliphatic carbocycles. The maximum atomic E-state index is 12.0. The summed E-state index contributed by atoms with van der Waals surface area (Å²) in [5.74, 6) is -1.19. The van der Waals surface area contributed by atoms with Crippen LogP contribution in [-0.2, 0) is 10.0 Å². The summed E-state index contributed by atoms with van der Waals surface area (Å²) < 4.78 is 27.4. The molecule has 0 bridgehead atoms. The van der Waals surface area contributed by atoms with E-state index in [0.29, 0.717) is 5.56 Å². The molecule has 0 unspecified atom stereocenters. The van der Waals surface area contributed by atoms with Crippen molar-refractivity contribution in [3.05, 3.63) is 64.7 Å². The molecule has 0 aliphatic heterocycles. The van der Waals surface area contributed by atoms with Crippen molar-refractivity contribution in [3.8, 4) is 0 Å². The molecule has 0 aromatic heterocycles. The maximum Gasteiger partial charge on any atom is 0.337 e. The fourth-order valence-corrected chi connectivity index (χ4v) is 2.65. The van der Waals surface area contributed by atoms with Gasteiger partial charge in [0.15, 0.2) is 0 Å². The number of nitrogens with zero attached hydrogens (tertiary/aromatic N) is 1. The molecule has 2 aromatic carbocycles. The van der Waals surface area contributed by atoms with E-state index in [4.69, 9.17) is 16.7 Å². The zero-order chi connectivity index (χ0) is 15.5. The molecule has 0 saturated heterocycles. The van der Waals surface area contributed by atoms with Gasteiger partial charge in [-0.3, -0.25) is 0 Å². The summed E-state index contributed by atoms with van der Waals surface area (Å²) in [5, 5.41) is 9.02. The van der Waals surface area contributed by atoms with E-state index in [1.54, 1.807) is 18.2 Å². The monoisotopic (exact) mass is 323 g/mol. The van der Waals surface area contributed by atoms with Crippen molar-refractivity contribution in [2.45, 2.75) is 4.90 Å². The number of carbonyl (C=O) groups is 1. The van der Waals surface area contributed by atoms with Gasteiger partial charge in [0, 0.05) is 6.21 Å². The Balaban J connectivity index is 2.34. The Morgan fingerprint density at radius 1 is 1.14 bits per heavy atom. The first-order valence-corrected chi connectivity index (χ1v) is 7.60. The van der Waals surface area contributed by atoms with Crippen LogP contribution < -0.4 is 0 Å². The van der Waals surface area contributed by atoms with Crippen molar-refractivity contribution in [1.29, 1.82) is 0 Å². The van der Waals surface area contributed by atoms with Gasteiger partial charge in [-0.25, -0.2) is 4.79 Å². The highest BCUT2D eigenvalue weighted by molar-refractivity contribution is 7.90. The highest BCUT2D eigenvalue weighted by Crippen LogP contribution is 2.17. The Bertz CT molecular complexity index is 801. The average molecular weight is 324 g/mol. The van der Waals surface area contributed by atoms with Crippen LogP contribution in [0.3, 0.4) is 0 Å². The minimum atomic E-state index is -3.81. The van der Waals surface area contributed by atoms with Gasteiger partial charge >= 0.3 is 5.97 Å². The van der Waals surface area contributed by atoms with Gasteiger partial charge in [0.25, 0.3) is 10.0 Å². The average Bonchev–Trinajstić information content (AvgIpc) is 2.47. The van der Waals surface area contributed by atoms with Gasteiger partial charge in [-0.15, -0.1) is 0 Å². The molecule has 2 rings (SSSR count). The number of aromatic carboxylic acids is 1. The van der Waals surface area contributed by atoms with E-state index in [2.05, 4.69) is 4.40 Å². The number of carboxylic acid groups (broad SMARTS) is 1. The van der Waals surface area contributed by atoms with E-state index in [-0.39, 0.29) is 15.5 Å². The van der Waals surface area contributed by atoms with Crippen LogP contribution in [0.5, 0.6) is 0 Å². The van der Waals surface area contributed by atoms with Gasteiger partial charge in [0.1, 0.15) is 0 Å². The Hall–Kier alpha value is -2.18. The second-order valence-corrected chi connectivity index (χ2v) is 6.11. The third-order valence-electron chi connectivity index (χ3n) is 2.60. The molecule has 21 heavy (non-hydrogen) atoms. The van der Waals surface area contributed by atoms with Crippen LogP contribution >= 0.6 is 11.6 Å². The molecule has 0 fully saturated rings. The highest BCUT2D eigenvalue weighted by Gasteiger charge is 2.12. The molecule has 5 nitrogen and oxygen atoms in total. The summed E-state index contributed by atoms with van der Waals surface area (Å²) >= 11 is 5.73. The largest absolute Gasteiger partial charge is 0.478 e. The number of rotatable bonds is 4. The standard InChI is InChI=1S/C14H10ClNO4S/c15-13-7-6-10(8-12(13)14(17)18)9-16-21(19,20)11-4-2-1-3-5-11/h1-9H,(H,17,18)/b16-9+. The smallest absolute Gasteiger partial charge is 0.337 e. The minimum Gasteiger partial charge on any atom is -0.478 e. The van der Waals surface area contributed by atoms with Gasteiger partial charge in [0.2, 0.25) is 0 Å². The van der Waals surface area contributed by atoms with E-state index in [1.807, 2.05) is 0 Å². The second-order valence-electron chi connectivity index (χ2n) is 4.07. The Morgan fingerprint density at radius 2 is 1.81 bits per heavy atom. The molecule has 0 atom stereocenters. The molecule has 1 N–H and O–H groups in total. The molecule has 7 heteroatoms. The number of halogens is 1. The maximum absolute atomic E-state index is 12.0. The molecule has 0 aliphatic rings. The van der Waals surface area contributed by atoms with E-state index in [0.717, 1.165) is 6.21 Å². The second kappa shape index (κ2) is 6.07. The van der Waals surface area contributed by atoms with Crippen molar-refractivity contribution in [1.82, 2.24) is 0 Å². The van der Waals surface area contributed by atoms with Crippen molar-refractivity contribution in [3.63, 3.8) is 0 Å². The summed E-state index contributed by atoms with van der Waals surface area (Å²) in [6.45, 7) is 0. The zero-order valence-corrected chi connectivity index (χ0v) is 12.2. The summed E-state index contributed by atoms with van der Waals surface area (Å²) in [6, 6.07) is 11.9. The van der Waals surface area contributed by atoms with Gasteiger partial charge < -0.3 is 5.11 Å². The third kappa shape index (κ3) is 3.68. The number of benzene rings is 2. The molecule has 2 aromatic rings. The predicted octanol–water partition coefficient (Wildman–Crippen LogP) is 2.85. The van der Waals surface area contributed by atoms with Crippen molar-refractivity contribution >= 4 is 33.8 Å². The lowest BCUT2D eigenvalue weighted by molar-refractivity contribution is 0.0697. The first kappa shape index (κ1) is 15.2. The van der Waals surface area contributed by atoms with Gasteiger partial charge in [-0.05, 0) is 29.8 Å². The van der Waals surface area contributed by atoms with Crippen LogP contribution in [0.1, 0.15) is 15.9 Å². The first-order valence-electron chi connectivity index (χ1n) is 5.78. The summed E-state index contributed by atoms with van der Waals surface area (Å²) in [7, 11) is -3.81. The van der Waals surface area contributed by atoms with Crippen LogP contribution in [0.25, 0.3) is 0 Å². The first-order chi connectivity index (χ1) is 9.90. The van der Waals surface area contributed by atoms with Gasteiger partial charge in [0.05, 0.1) is 15.5 Å². The van der Waals surface area contributed by atoms with E-state index >= 15 is 0 Å². The van der Waals surface area contributed by atoms with Crippen LogP contribution in [0.4, 0.5) is 0 Å². The lowest BCUT2D eigenvalue weighted by Crippen LogP contribution is -2.00. The Morgan fingerprint density at radius 3 is 2.43 bits per heavy atom.